The van der Waals surface area contributed by atoms with E-state index in [0.29, 0.717) is 24.6 Å². The van der Waals surface area contributed by atoms with Crippen molar-refractivity contribution in [2.75, 3.05) is 11.9 Å². The number of amides is 1. The third-order valence-electron chi connectivity index (χ3n) is 3.25. The Morgan fingerprint density at radius 1 is 1.45 bits per heavy atom. The van der Waals surface area contributed by atoms with Crippen LogP contribution in [0.1, 0.15) is 31.2 Å². The first-order valence-corrected chi connectivity index (χ1v) is 6.84. The molecule has 0 saturated heterocycles. The van der Waals surface area contributed by atoms with E-state index in [0.717, 1.165) is 24.9 Å². The van der Waals surface area contributed by atoms with Gasteiger partial charge in [0.2, 0.25) is 5.91 Å². The maximum atomic E-state index is 11.5. The molecule has 6 nitrogen and oxygen atoms in total. The normalized spacial score (nSPS) is 13.8. The fourth-order valence-electron chi connectivity index (χ4n) is 1.98. The van der Waals surface area contributed by atoms with Crippen molar-refractivity contribution in [3.63, 3.8) is 0 Å². The number of nitrogens with zero attached hydrogens (tertiary/aromatic N) is 1. The monoisotopic (exact) mass is 277 g/mol. The molecule has 0 spiro atoms. The summed E-state index contributed by atoms with van der Waals surface area (Å²) in [5.41, 5.74) is 1.60. The first-order chi connectivity index (χ1) is 9.56. The Balaban J connectivity index is 1.72. The molecule has 2 N–H and O–H groups in total. The molecular weight excluding hydrogens is 258 g/mol. The van der Waals surface area contributed by atoms with E-state index in [9.17, 15) is 14.9 Å². The van der Waals surface area contributed by atoms with Crippen molar-refractivity contribution in [2.45, 2.75) is 38.6 Å². The molecule has 6 heteroatoms. The van der Waals surface area contributed by atoms with Gasteiger partial charge in [-0.05, 0) is 38.3 Å². The van der Waals surface area contributed by atoms with Gasteiger partial charge in [-0.2, -0.15) is 0 Å². The van der Waals surface area contributed by atoms with Crippen molar-refractivity contribution in [2.24, 2.45) is 0 Å². The minimum Gasteiger partial charge on any atom is -0.385 e. The highest BCUT2D eigenvalue weighted by molar-refractivity contribution is 5.76. The van der Waals surface area contributed by atoms with Crippen molar-refractivity contribution >= 4 is 17.3 Å². The van der Waals surface area contributed by atoms with Crippen molar-refractivity contribution in [1.82, 2.24) is 5.32 Å². The zero-order chi connectivity index (χ0) is 14.5. The molecular formula is C14H19N3O3. The molecule has 0 unspecified atom stereocenters. The fraction of sp³-hybridized carbons (Fsp3) is 0.500. The smallest absolute Gasteiger partial charge is 0.272 e. The summed E-state index contributed by atoms with van der Waals surface area (Å²) in [6.07, 6.45) is 3.46. The number of carbonyl (C=O) groups is 1. The topological polar surface area (TPSA) is 84.3 Å². The Bertz CT molecular complexity index is 512. The van der Waals surface area contributed by atoms with Crippen LogP contribution >= 0.6 is 0 Å². The summed E-state index contributed by atoms with van der Waals surface area (Å²) in [6, 6.07) is 5.35. The van der Waals surface area contributed by atoms with E-state index in [4.69, 9.17) is 0 Å². The minimum atomic E-state index is -0.388. The number of carbonyl (C=O) groups excluding carboxylic acids is 1. The summed E-state index contributed by atoms with van der Waals surface area (Å²) in [6.45, 7) is 2.39. The number of anilines is 1. The molecule has 0 aromatic heterocycles. The first kappa shape index (κ1) is 14.3. The van der Waals surface area contributed by atoms with Crippen LogP contribution in [-0.2, 0) is 4.79 Å². The molecule has 1 saturated carbocycles. The van der Waals surface area contributed by atoms with Crippen molar-refractivity contribution in [1.29, 1.82) is 0 Å². The van der Waals surface area contributed by atoms with Crippen molar-refractivity contribution < 1.29 is 9.72 Å². The molecule has 20 heavy (non-hydrogen) atoms. The number of rotatable bonds is 7. The summed E-state index contributed by atoms with van der Waals surface area (Å²) < 4.78 is 0. The zero-order valence-electron chi connectivity index (χ0n) is 11.5. The molecule has 1 fully saturated rings. The molecule has 0 atom stereocenters. The summed E-state index contributed by atoms with van der Waals surface area (Å²) in [4.78, 5) is 21.8. The van der Waals surface area contributed by atoms with Gasteiger partial charge in [0.05, 0.1) is 4.92 Å². The molecule has 0 heterocycles. The molecule has 1 aromatic rings. The van der Waals surface area contributed by atoms with Crippen LogP contribution in [0.2, 0.25) is 0 Å². The zero-order valence-corrected chi connectivity index (χ0v) is 11.5. The average Bonchev–Trinajstić information content (AvgIpc) is 3.18. The SMILES string of the molecule is Cc1cc(NCCCC(=O)NC2CC2)ccc1[N+](=O)[O-]. The van der Waals surface area contributed by atoms with E-state index < -0.39 is 0 Å². The summed E-state index contributed by atoms with van der Waals surface area (Å²) in [5, 5.41) is 16.8. The summed E-state index contributed by atoms with van der Waals surface area (Å²) in [5.74, 6) is 0.106. The van der Waals surface area contributed by atoms with Gasteiger partial charge in [-0.25, -0.2) is 0 Å². The van der Waals surface area contributed by atoms with Crippen LogP contribution in [0.3, 0.4) is 0 Å². The second kappa shape index (κ2) is 6.36. The third-order valence-corrected chi connectivity index (χ3v) is 3.25. The highest BCUT2D eigenvalue weighted by atomic mass is 16.6. The van der Waals surface area contributed by atoms with E-state index in [1.807, 2.05) is 0 Å². The van der Waals surface area contributed by atoms with Crippen LogP contribution in [-0.4, -0.2) is 23.4 Å². The minimum absolute atomic E-state index is 0.106. The van der Waals surface area contributed by atoms with Gasteiger partial charge in [-0.1, -0.05) is 0 Å². The molecule has 1 aromatic carbocycles. The number of nitro groups is 1. The predicted molar refractivity (Wildman–Crippen MR) is 76.7 cm³/mol. The van der Waals surface area contributed by atoms with E-state index in [2.05, 4.69) is 10.6 Å². The van der Waals surface area contributed by atoms with Crippen molar-refractivity contribution in [3.05, 3.63) is 33.9 Å². The average molecular weight is 277 g/mol. The van der Waals surface area contributed by atoms with Gasteiger partial charge in [-0.15, -0.1) is 0 Å². The van der Waals surface area contributed by atoms with E-state index >= 15 is 0 Å². The Kier molecular flexibility index (Phi) is 4.55. The molecule has 108 valence electrons. The number of hydrogen-bond acceptors (Lipinski definition) is 4. The molecule has 0 radical (unpaired) electrons. The maximum Gasteiger partial charge on any atom is 0.272 e. The maximum absolute atomic E-state index is 11.5. The van der Waals surface area contributed by atoms with Crippen LogP contribution in [0.5, 0.6) is 0 Å². The lowest BCUT2D eigenvalue weighted by atomic mass is 10.2. The van der Waals surface area contributed by atoms with Crippen LogP contribution in [0.25, 0.3) is 0 Å². The number of nitrogens with one attached hydrogen (secondary N) is 2. The van der Waals surface area contributed by atoms with Crippen LogP contribution in [0.15, 0.2) is 18.2 Å². The summed E-state index contributed by atoms with van der Waals surface area (Å²) in [7, 11) is 0. The quantitative estimate of drug-likeness (QED) is 0.455. The molecule has 2 rings (SSSR count). The Labute approximate surface area is 117 Å². The third kappa shape index (κ3) is 4.22. The predicted octanol–water partition coefficient (Wildman–Crippen LogP) is 2.37. The lowest BCUT2D eigenvalue weighted by molar-refractivity contribution is -0.385. The number of benzene rings is 1. The van der Waals surface area contributed by atoms with Crippen molar-refractivity contribution in [3.8, 4) is 0 Å². The Morgan fingerprint density at radius 3 is 2.80 bits per heavy atom. The fourth-order valence-corrected chi connectivity index (χ4v) is 1.98. The Morgan fingerprint density at radius 2 is 2.20 bits per heavy atom. The summed E-state index contributed by atoms with van der Waals surface area (Å²) >= 11 is 0. The second-order valence-corrected chi connectivity index (χ2v) is 5.13. The van der Waals surface area contributed by atoms with Gasteiger partial charge < -0.3 is 10.6 Å². The van der Waals surface area contributed by atoms with Gasteiger partial charge in [0.25, 0.3) is 5.69 Å². The standard InChI is InChI=1S/C14H19N3O3/c1-10-9-12(6-7-13(10)17(19)20)15-8-2-3-14(18)16-11-4-5-11/h6-7,9,11,15H,2-5,8H2,1H3,(H,16,18). The molecule has 0 bridgehead atoms. The lowest BCUT2D eigenvalue weighted by Crippen LogP contribution is -2.25. The van der Waals surface area contributed by atoms with Crippen LogP contribution in [0.4, 0.5) is 11.4 Å². The van der Waals surface area contributed by atoms with Gasteiger partial charge in [0, 0.05) is 36.3 Å². The molecule has 0 aliphatic heterocycles. The molecule has 1 amide bonds. The van der Waals surface area contributed by atoms with E-state index in [1.165, 1.54) is 6.07 Å². The largest absolute Gasteiger partial charge is 0.385 e. The van der Waals surface area contributed by atoms with Gasteiger partial charge in [0.1, 0.15) is 0 Å². The van der Waals surface area contributed by atoms with Gasteiger partial charge in [0.15, 0.2) is 0 Å². The number of nitro benzene ring substituents is 1. The highest BCUT2D eigenvalue weighted by Crippen LogP contribution is 2.21. The van der Waals surface area contributed by atoms with E-state index in [1.54, 1.807) is 19.1 Å². The lowest BCUT2D eigenvalue weighted by Gasteiger charge is -2.07. The van der Waals surface area contributed by atoms with Gasteiger partial charge >= 0.3 is 0 Å². The van der Waals surface area contributed by atoms with Crippen LogP contribution in [0, 0.1) is 17.0 Å². The molecule has 1 aliphatic carbocycles. The van der Waals surface area contributed by atoms with Crippen LogP contribution < -0.4 is 10.6 Å². The molecule has 1 aliphatic rings. The van der Waals surface area contributed by atoms with Gasteiger partial charge in [-0.3, -0.25) is 14.9 Å². The second-order valence-electron chi connectivity index (χ2n) is 5.13. The Hall–Kier alpha value is -2.11. The highest BCUT2D eigenvalue weighted by Gasteiger charge is 2.22. The first-order valence-electron chi connectivity index (χ1n) is 6.84. The van der Waals surface area contributed by atoms with E-state index in [-0.39, 0.29) is 16.5 Å². The number of aryl methyl sites for hydroxylation is 1. The number of hydrogen-bond donors (Lipinski definition) is 2.